The summed E-state index contributed by atoms with van der Waals surface area (Å²) >= 11 is 0. The number of aliphatic hydroxyl groups is 8. The summed E-state index contributed by atoms with van der Waals surface area (Å²) in [4.78, 5) is 11.5. The first-order valence-corrected chi connectivity index (χ1v) is 11.8. The van der Waals surface area contributed by atoms with Gasteiger partial charge >= 0.3 is 0 Å². The Bertz CT molecular complexity index is 747. The van der Waals surface area contributed by atoms with Gasteiger partial charge < -0.3 is 74.6 Å². The second-order valence-electron chi connectivity index (χ2n) is 9.26. The van der Waals surface area contributed by atoms with Gasteiger partial charge in [-0.15, -0.1) is 0 Å². The molecule has 16 nitrogen and oxygen atoms in total. The van der Waals surface area contributed by atoms with Gasteiger partial charge in [0.25, 0.3) is 0 Å². The van der Waals surface area contributed by atoms with Crippen molar-refractivity contribution in [3.63, 3.8) is 0 Å². The summed E-state index contributed by atoms with van der Waals surface area (Å²) < 4.78 is 33.3. The average molecular weight is 544 g/mol. The first-order chi connectivity index (χ1) is 17.4. The van der Waals surface area contributed by atoms with E-state index in [9.17, 15) is 45.6 Å². The Kier molecular flexibility index (Phi) is 10.6. The number of rotatable bonds is 8. The third kappa shape index (κ3) is 6.39. The van der Waals surface area contributed by atoms with Gasteiger partial charge in [-0.2, -0.15) is 0 Å². The summed E-state index contributed by atoms with van der Waals surface area (Å²) in [6.07, 6.45) is -20.5. The highest BCUT2D eigenvalue weighted by Crippen LogP contribution is 2.33. The van der Waals surface area contributed by atoms with Crippen molar-refractivity contribution in [3.05, 3.63) is 0 Å². The number of aliphatic hydroxyl groups excluding tert-OH is 8. The van der Waals surface area contributed by atoms with E-state index in [1.165, 1.54) is 14.0 Å². The van der Waals surface area contributed by atoms with Gasteiger partial charge in [-0.05, 0) is 6.92 Å². The molecule has 3 rings (SSSR count). The molecule has 216 valence electrons. The van der Waals surface area contributed by atoms with E-state index in [1.807, 2.05) is 0 Å². The van der Waals surface area contributed by atoms with Gasteiger partial charge in [-0.25, -0.2) is 0 Å². The van der Waals surface area contributed by atoms with Gasteiger partial charge in [0.2, 0.25) is 5.91 Å². The van der Waals surface area contributed by atoms with Crippen LogP contribution in [0.3, 0.4) is 0 Å². The molecule has 0 aromatic carbocycles. The maximum absolute atomic E-state index is 11.5. The van der Waals surface area contributed by atoms with Gasteiger partial charge in [-0.3, -0.25) is 4.79 Å². The SMILES string of the molecule is CO[C@@H]1[C@H](O[C@H]2[C@H](O[C@H]3[C@H](O)[C@@H](NC(C)=O)C(O)O[C@@H]3CO)O[C@H](CO)[C@H](O)[C@@H]2O)O[C@@H](C)[C@@H](O)[C@H]1O. The molecule has 0 aromatic rings. The molecule has 3 heterocycles. The summed E-state index contributed by atoms with van der Waals surface area (Å²) in [6.45, 7) is 1.13. The molecular weight excluding hydrogens is 506 g/mol. The Morgan fingerprint density at radius 2 is 1.32 bits per heavy atom. The zero-order valence-electron chi connectivity index (χ0n) is 20.5. The highest BCUT2D eigenvalue weighted by atomic mass is 16.8. The monoisotopic (exact) mass is 543 g/mol. The van der Waals surface area contributed by atoms with Crippen molar-refractivity contribution in [1.29, 1.82) is 0 Å². The van der Waals surface area contributed by atoms with Crippen LogP contribution >= 0.6 is 0 Å². The van der Waals surface area contributed by atoms with Crippen molar-refractivity contribution in [2.75, 3.05) is 20.3 Å². The van der Waals surface area contributed by atoms with Crippen LogP contribution in [0.2, 0.25) is 0 Å². The largest absolute Gasteiger partial charge is 0.394 e. The van der Waals surface area contributed by atoms with Gasteiger partial charge in [0.05, 0.1) is 19.3 Å². The molecule has 0 saturated carbocycles. The van der Waals surface area contributed by atoms with E-state index in [0.29, 0.717) is 0 Å². The Morgan fingerprint density at radius 3 is 1.89 bits per heavy atom. The van der Waals surface area contributed by atoms with E-state index in [1.54, 1.807) is 0 Å². The van der Waals surface area contributed by atoms with Crippen LogP contribution in [0.15, 0.2) is 0 Å². The van der Waals surface area contributed by atoms with Crippen LogP contribution in [-0.2, 0) is 33.2 Å². The van der Waals surface area contributed by atoms with Gasteiger partial charge in [-0.1, -0.05) is 0 Å². The second-order valence-corrected chi connectivity index (χ2v) is 9.26. The third-order valence-corrected chi connectivity index (χ3v) is 6.71. The van der Waals surface area contributed by atoms with E-state index in [-0.39, 0.29) is 0 Å². The topological polar surface area (TPSA) is 246 Å². The first kappa shape index (κ1) is 30.5. The van der Waals surface area contributed by atoms with E-state index >= 15 is 0 Å². The molecule has 3 aliphatic rings. The molecule has 0 aliphatic carbocycles. The molecule has 0 bridgehead atoms. The minimum absolute atomic E-state index is 0.600. The number of carbonyl (C=O) groups is 1. The highest BCUT2D eigenvalue weighted by molar-refractivity contribution is 5.73. The Labute approximate surface area is 212 Å². The van der Waals surface area contributed by atoms with Crippen LogP contribution in [0.25, 0.3) is 0 Å². The number of carbonyl (C=O) groups excluding carboxylic acids is 1. The maximum atomic E-state index is 11.5. The number of hydrogen-bond acceptors (Lipinski definition) is 15. The zero-order chi connectivity index (χ0) is 27.6. The fourth-order valence-electron chi connectivity index (χ4n) is 4.62. The van der Waals surface area contributed by atoms with Crippen molar-refractivity contribution < 1.29 is 74.1 Å². The second kappa shape index (κ2) is 12.8. The summed E-state index contributed by atoms with van der Waals surface area (Å²) in [5, 5.41) is 84.5. The minimum atomic E-state index is -1.76. The molecule has 0 radical (unpaired) electrons. The molecule has 1 unspecified atom stereocenters. The molecule has 3 fully saturated rings. The molecule has 9 N–H and O–H groups in total. The average Bonchev–Trinajstić information content (AvgIpc) is 2.85. The fourth-order valence-corrected chi connectivity index (χ4v) is 4.62. The summed E-state index contributed by atoms with van der Waals surface area (Å²) in [5.74, 6) is -0.600. The van der Waals surface area contributed by atoms with Crippen LogP contribution in [0.1, 0.15) is 13.8 Å². The number of amides is 1. The van der Waals surface area contributed by atoms with E-state index in [0.717, 1.165) is 6.92 Å². The first-order valence-electron chi connectivity index (χ1n) is 11.8. The Morgan fingerprint density at radius 1 is 0.757 bits per heavy atom. The molecule has 0 spiro atoms. The predicted molar refractivity (Wildman–Crippen MR) is 116 cm³/mol. The molecule has 15 atom stereocenters. The van der Waals surface area contributed by atoms with Crippen molar-refractivity contribution in [3.8, 4) is 0 Å². The zero-order valence-corrected chi connectivity index (χ0v) is 20.5. The van der Waals surface area contributed by atoms with Crippen molar-refractivity contribution >= 4 is 5.91 Å². The van der Waals surface area contributed by atoms with Gasteiger partial charge in [0.15, 0.2) is 18.9 Å². The lowest BCUT2D eigenvalue weighted by atomic mass is 9.95. The van der Waals surface area contributed by atoms with E-state index in [4.69, 9.17) is 28.4 Å². The lowest BCUT2D eigenvalue weighted by molar-refractivity contribution is -0.383. The molecule has 3 aliphatic heterocycles. The molecule has 37 heavy (non-hydrogen) atoms. The van der Waals surface area contributed by atoms with Crippen LogP contribution < -0.4 is 5.32 Å². The number of ether oxygens (including phenoxy) is 6. The summed E-state index contributed by atoms with van der Waals surface area (Å²) in [5.41, 5.74) is 0. The molecular formula is C21H37NO15. The normalized spacial score (nSPS) is 49.0. The van der Waals surface area contributed by atoms with E-state index in [2.05, 4.69) is 5.32 Å². The molecule has 1 amide bonds. The number of nitrogens with one attached hydrogen (secondary N) is 1. The summed E-state index contributed by atoms with van der Waals surface area (Å²) in [6, 6.07) is -1.37. The third-order valence-electron chi connectivity index (χ3n) is 6.71. The van der Waals surface area contributed by atoms with E-state index < -0.39 is 111 Å². The maximum Gasteiger partial charge on any atom is 0.217 e. The van der Waals surface area contributed by atoms with Crippen LogP contribution in [0, 0.1) is 0 Å². The minimum Gasteiger partial charge on any atom is -0.394 e. The fraction of sp³-hybridized carbons (Fsp3) is 0.952. The standard InChI is InChI=1S/C21H37NO15/c1-6-11(26)14(29)17(32-3)20(33-6)37-18-15(30)12(27)8(4-23)35-21(18)36-16-9(5-24)34-19(31)10(13(16)28)22-7(2)25/h6,8-21,23-24,26-31H,4-5H2,1-3H3,(H,22,25)/t6-,8+,9+,10+,11+,12-,13+,14+,15-,16+,17-,18+,19?,20-,21-/m0/s1. The van der Waals surface area contributed by atoms with Gasteiger partial charge in [0, 0.05) is 14.0 Å². The van der Waals surface area contributed by atoms with Crippen molar-refractivity contribution in [1.82, 2.24) is 5.32 Å². The van der Waals surface area contributed by atoms with Gasteiger partial charge in [0.1, 0.15) is 67.1 Å². The molecule has 0 aromatic heterocycles. The number of hydrogen-bond donors (Lipinski definition) is 9. The predicted octanol–water partition coefficient (Wildman–Crippen LogP) is -5.75. The lowest BCUT2D eigenvalue weighted by Crippen LogP contribution is -2.68. The molecule has 3 saturated heterocycles. The van der Waals surface area contributed by atoms with Crippen LogP contribution in [0.5, 0.6) is 0 Å². The van der Waals surface area contributed by atoms with Crippen molar-refractivity contribution in [2.24, 2.45) is 0 Å². The van der Waals surface area contributed by atoms with Crippen molar-refractivity contribution in [2.45, 2.75) is 106 Å². The number of methoxy groups -OCH3 is 1. The summed E-state index contributed by atoms with van der Waals surface area (Å²) in [7, 11) is 1.23. The quantitative estimate of drug-likeness (QED) is 0.138. The lowest BCUT2D eigenvalue weighted by Gasteiger charge is -2.48. The Hall–Kier alpha value is -1.09. The molecule has 16 heteroatoms. The smallest absolute Gasteiger partial charge is 0.217 e. The highest BCUT2D eigenvalue weighted by Gasteiger charge is 2.53. The van der Waals surface area contributed by atoms with Crippen LogP contribution in [0.4, 0.5) is 0 Å². The van der Waals surface area contributed by atoms with Crippen LogP contribution in [-0.4, -0.2) is 159 Å². The Balaban J connectivity index is 1.88.